The van der Waals surface area contributed by atoms with Gasteiger partial charge in [-0.1, -0.05) is 133 Å². The van der Waals surface area contributed by atoms with Crippen LogP contribution in [0.2, 0.25) is 0 Å². The molecule has 4 heterocycles. The third kappa shape index (κ3) is 5.37. The molecule has 0 amide bonds. The molecule has 0 aliphatic heterocycles. The Balaban J connectivity index is 1.04. The van der Waals surface area contributed by atoms with Gasteiger partial charge < -0.3 is 8.83 Å². The van der Waals surface area contributed by atoms with Crippen molar-refractivity contribution in [2.45, 2.75) is 0 Å². The minimum absolute atomic E-state index is 0.677. The van der Waals surface area contributed by atoms with Gasteiger partial charge in [-0.25, -0.2) is 9.97 Å². The van der Waals surface area contributed by atoms with Gasteiger partial charge in [0.2, 0.25) is 0 Å². The maximum Gasteiger partial charge on any atom is 0.160 e. The standard InChI is InChI=1S/C51H31N3O2/c1-2-11-34(12-3-1)51-53-43(30-44(54-51)36-14-8-13-35(29-36)37-15-10-28-52-31-37)33-24-22-32(23-25-33)38-26-27-40(50-49(38)42-17-5-7-20-46(42)56-50)39-18-9-21-47-48(39)41-16-4-6-19-45(41)55-47/h1-31H. The molecule has 5 nitrogen and oxygen atoms in total. The van der Waals surface area contributed by atoms with Crippen molar-refractivity contribution >= 4 is 43.9 Å². The van der Waals surface area contributed by atoms with Gasteiger partial charge in [0.1, 0.15) is 22.3 Å². The molecule has 0 radical (unpaired) electrons. The highest BCUT2D eigenvalue weighted by atomic mass is 16.3. The molecule has 0 saturated carbocycles. The number of rotatable bonds is 6. The van der Waals surface area contributed by atoms with Gasteiger partial charge in [0.25, 0.3) is 0 Å². The third-order valence-electron chi connectivity index (χ3n) is 10.6. The molecule has 0 spiro atoms. The van der Waals surface area contributed by atoms with Crippen LogP contribution in [0.3, 0.4) is 0 Å². The van der Waals surface area contributed by atoms with Crippen LogP contribution in [0.25, 0.3) is 111 Å². The van der Waals surface area contributed by atoms with Gasteiger partial charge in [0.15, 0.2) is 5.82 Å². The Hall–Kier alpha value is -7.63. The number of para-hydroxylation sites is 2. The van der Waals surface area contributed by atoms with Crippen molar-refractivity contribution in [2.24, 2.45) is 0 Å². The summed E-state index contributed by atoms with van der Waals surface area (Å²) in [4.78, 5) is 14.5. The predicted molar refractivity (Wildman–Crippen MR) is 227 cm³/mol. The molecule has 4 aromatic heterocycles. The highest BCUT2D eigenvalue weighted by molar-refractivity contribution is 6.20. The fraction of sp³-hybridized carbons (Fsp3) is 0. The number of nitrogens with zero attached hydrogens (tertiary/aromatic N) is 3. The number of pyridine rings is 1. The summed E-state index contributed by atoms with van der Waals surface area (Å²) in [6.45, 7) is 0. The lowest BCUT2D eigenvalue weighted by Crippen LogP contribution is -1.96. The van der Waals surface area contributed by atoms with E-state index in [9.17, 15) is 0 Å². The van der Waals surface area contributed by atoms with Crippen LogP contribution in [0, 0.1) is 0 Å². The third-order valence-corrected chi connectivity index (χ3v) is 10.6. The summed E-state index contributed by atoms with van der Waals surface area (Å²) >= 11 is 0. The van der Waals surface area contributed by atoms with E-state index in [1.807, 2.05) is 60.8 Å². The highest BCUT2D eigenvalue weighted by Gasteiger charge is 2.21. The van der Waals surface area contributed by atoms with Crippen LogP contribution >= 0.6 is 0 Å². The smallest absolute Gasteiger partial charge is 0.160 e. The first-order valence-electron chi connectivity index (χ1n) is 18.7. The molecule has 0 atom stereocenters. The molecule has 56 heavy (non-hydrogen) atoms. The van der Waals surface area contributed by atoms with E-state index in [1.54, 1.807) is 6.20 Å². The lowest BCUT2D eigenvalue weighted by Gasteiger charge is -2.12. The maximum absolute atomic E-state index is 6.73. The molecule has 11 rings (SSSR count). The lowest BCUT2D eigenvalue weighted by molar-refractivity contribution is 0.668. The maximum atomic E-state index is 6.73. The van der Waals surface area contributed by atoms with Gasteiger partial charge in [0, 0.05) is 61.8 Å². The number of hydrogen-bond acceptors (Lipinski definition) is 5. The van der Waals surface area contributed by atoms with Crippen LogP contribution in [-0.4, -0.2) is 15.0 Å². The second-order valence-electron chi connectivity index (χ2n) is 14.0. The number of benzene rings is 7. The fourth-order valence-electron chi connectivity index (χ4n) is 7.95. The molecule has 262 valence electrons. The van der Waals surface area contributed by atoms with E-state index in [1.165, 1.54) is 0 Å². The summed E-state index contributed by atoms with van der Waals surface area (Å²) in [5, 5.41) is 4.34. The Morgan fingerprint density at radius 1 is 0.357 bits per heavy atom. The van der Waals surface area contributed by atoms with Crippen molar-refractivity contribution in [3.05, 3.63) is 188 Å². The van der Waals surface area contributed by atoms with Gasteiger partial charge in [-0.3, -0.25) is 4.98 Å². The molecule has 5 heteroatoms. The van der Waals surface area contributed by atoms with E-state index in [0.29, 0.717) is 5.82 Å². The van der Waals surface area contributed by atoms with Crippen LogP contribution in [0.15, 0.2) is 197 Å². The zero-order valence-corrected chi connectivity index (χ0v) is 30.1. The molecule has 7 aromatic carbocycles. The van der Waals surface area contributed by atoms with E-state index < -0.39 is 0 Å². The van der Waals surface area contributed by atoms with E-state index in [0.717, 1.165) is 105 Å². The van der Waals surface area contributed by atoms with Crippen molar-refractivity contribution in [1.82, 2.24) is 15.0 Å². The van der Waals surface area contributed by atoms with Gasteiger partial charge in [-0.15, -0.1) is 0 Å². The molecule has 0 aliphatic rings. The first kappa shape index (κ1) is 31.9. The Kier molecular flexibility index (Phi) is 7.42. The second-order valence-corrected chi connectivity index (χ2v) is 14.0. The molecule has 0 unspecified atom stereocenters. The number of fused-ring (bicyclic) bond motifs is 6. The van der Waals surface area contributed by atoms with E-state index in [4.69, 9.17) is 18.8 Å². The number of furan rings is 2. The molecule has 11 aromatic rings. The van der Waals surface area contributed by atoms with E-state index in [2.05, 4.69) is 126 Å². The monoisotopic (exact) mass is 717 g/mol. The fourth-order valence-corrected chi connectivity index (χ4v) is 7.95. The lowest BCUT2D eigenvalue weighted by atomic mass is 9.92. The first-order valence-corrected chi connectivity index (χ1v) is 18.7. The molecular weight excluding hydrogens is 687 g/mol. The van der Waals surface area contributed by atoms with Gasteiger partial charge in [0.05, 0.1) is 11.4 Å². The second kappa shape index (κ2) is 13.0. The molecule has 0 saturated heterocycles. The average molecular weight is 718 g/mol. The molecule has 0 N–H and O–H groups in total. The summed E-state index contributed by atoms with van der Waals surface area (Å²) in [5.41, 5.74) is 14.6. The summed E-state index contributed by atoms with van der Waals surface area (Å²) in [5.74, 6) is 0.677. The SMILES string of the molecule is c1ccc(-c2nc(-c3ccc(-c4ccc(-c5cccc6oc7ccccc7c56)c5oc6ccccc6c45)cc3)cc(-c3cccc(-c4cccnc4)c3)n2)cc1. The molecule has 0 bridgehead atoms. The summed E-state index contributed by atoms with van der Waals surface area (Å²) in [6.07, 6.45) is 3.68. The van der Waals surface area contributed by atoms with Crippen LogP contribution in [0.4, 0.5) is 0 Å². The highest BCUT2D eigenvalue weighted by Crippen LogP contribution is 2.45. The minimum atomic E-state index is 0.677. The number of hydrogen-bond donors (Lipinski definition) is 0. The van der Waals surface area contributed by atoms with Crippen molar-refractivity contribution in [2.75, 3.05) is 0 Å². The van der Waals surface area contributed by atoms with Gasteiger partial charge in [-0.2, -0.15) is 0 Å². The van der Waals surface area contributed by atoms with E-state index >= 15 is 0 Å². The quantitative estimate of drug-likeness (QED) is 0.171. The van der Waals surface area contributed by atoms with Crippen LogP contribution < -0.4 is 0 Å². The Labute approximate surface area is 322 Å². The predicted octanol–water partition coefficient (Wildman–Crippen LogP) is 13.7. The largest absolute Gasteiger partial charge is 0.456 e. The van der Waals surface area contributed by atoms with Crippen molar-refractivity contribution < 1.29 is 8.83 Å². The van der Waals surface area contributed by atoms with E-state index in [-0.39, 0.29) is 0 Å². The molecule has 0 aliphatic carbocycles. The number of aromatic nitrogens is 3. The van der Waals surface area contributed by atoms with Crippen LogP contribution in [0.1, 0.15) is 0 Å². The van der Waals surface area contributed by atoms with Crippen molar-refractivity contribution in [3.8, 4) is 67.3 Å². The zero-order valence-electron chi connectivity index (χ0n) is 30.1. The first-order chi connectivity index (χ1) is 27.7. The van der Waals surface area contributed by atoms with Gasteiger partial charge >= 0.3 is 0 Å². The molecular formula is C51H31N3O2. The van der Waals surface area contributed by atoms with Crippen LogP contribution in [-0.2, 0) is 0 Å². The molecule has 0 fully saturated rings. The Morgan fingerprint density at radius 2 is 0.982 bits per heavy atom. The zero-order chi connectivity index (χ0) is 37.0. The Morgan fingerprint density at radius 3 is 1.79 bits per heavy atom. The summed E-state index contributed by atoms with van der Waals surface area (Å²) in [6, 6.07) is 60.6. The topological polar surface area (TPSA) is 65.0 Å². The Bertz CT molecular complexity index is 3240. The normalized spacial score (nSPS) is 11.6. The van der Waals surface area contributed by atoms with Crippen LogP contribution in [0.5, 0.6) is 0 Å². The van der Waals surface area contributed by atoms with Crippen molar-refractivity contribution in [3.63, 3.8) is 0 Å². The van der Waals surface area contributed by atoms with Gasteiger partial charge in [-0.05, 0) is 64.7 Å². The minimum Gasteiger partial charge on any atom is -0.456 e. The summed E-state index contributed by atoms with van der Waals surface area (Å²) in [7, 11) is 0. The summed E-state index contributed by atoms with van der Waals surface area (Å²) < 4.78 is 13.0. The average Bonchev–Trinajstić information content (AvgIpc) is 3.86. The van der Waals surface area contributed by atoms with Crippen molar-refractivity contribution in [1.29, 1.82) is 0 Å².